The summed E-state index contributed by atoms with van der Waals surface area (Å²) < 4.78 is 0. The Morgan fingerprint density at radius 3 is 1.00 bits per heavy atom. The molecule has 0 aliphatic carbocycles. The molecule has 0 heterocycles. The molecule has 0 aromatic heterocycles. The van der Waals surface area contributed by atoms with Crippen LogP contribution in [0.5, 0.6) is 0 Å². The second kappa shape index (κ2) is 29.9. The van der Waals surface area contributed by atoms with Crippen LogP contribution in [0.25, 0.3) is 0 Å². The molecule has 0 radical (unpaired) electrons. The van der Waals surface area contributed by atoms with E-state index in [2.05, 4.69) is 81.4 Å². The lowest BCUT2D eigenvalue weighted by atomic mass is 9.93. The van der Waals surface area contributed by atoms with Gasteiger partial charge in [0.2, 0.25) is 0 Å². The molecule has 0 spiro atoms. The zero-order valence-electron chi connectivity index (χ0n) is 27.2. The number of carbonyl (C=O) groups is 2. The fraction of sp³-hybridized carbons (Fsp3) is 0.632. The first-order chi connectivity index (χ1) is 20.4. The van der Waals surface area contributed by atoms with Gasteiger partial charge in [-0.15, -0.1) is 0 Å². The minimum absolute atomic E-state index is 0.343. The molecule has 2 rings (SSSR count). The van der Waals surface area contributed by atoms with Crippen LogP contribution >= 0.6 is 0 Å². The predicted octanol–water partition coefficient (Wildman–Crippen LogP) is 11.8. The molecule has 2 aromatic carbocycles. The molecule has 4 nitrogen and oxygen atoms in total. The number of benzene rings is 2. The molecule has 0 aliphatic heterocycles. The summed E-state index contributed by atoms with van der Waals surface area (Å²) in [6, 6.07) is 21.2. The first kappa shape index (κ1) is 39.4. The first-order valence-corrected chi connectivity index (χ1v) is 17.0. The van der Waals surface area contributed by atoms with Gasteiger partial charge in [-0.2, -0.15) is 0 Å². The Hall–Kier alpha value is -2.62. The summed E-state index contributed by atoms with van der Waals surface area (Å²) >= 11 is 0. The van der Waals surface area contributed by atoms with E-state index in [9.17, 15) is 9.59 Å². The van der Waals surface area contributed by atoms with Crippen molar-refractivity contribution >= 4 is 11.9 Å². The normalized spacial score (nSPS) is 10.4. The summed E-state index contributed by atoms with van der Waals surface area (Å²) in [5, 5.41) is 16.8. The summed E-state index contributed by atoms with van der Waals surface area (Å²) in [6.07, 6.45) is 23.0. The molecule has 42 heavy (non-hydrogen) atoms. The van der Waals surface area contributed by atoms with Gasteiger partial charge in [-0.3, -0.25) is 9.59 Å². The van der Waals surface area contributed by atoms with Gasteiger partial charge in [0.25, 0.3) is 0 Å². The minimum atomic E-state index is -0.659. The third kappa shape index (κ3) is 26.3. The van der Waals surface area contributed by atoms with E-state index < -0.39 is 11.9 Å². The molecular weight excluding hydrogens is 520 g/mol. The van der Waals surface area contributed by atoms with Crippen molar-refractivity contribution in [3.8, 4) is 0 Å². The van der Waals surface area contributed by atoms with E-state index in [1.54, 1.807) is 0 Å². The van der Waals surface area contributed by atoms with Gasteiger partial charge >= 0.3 is 11.9 Å². The quantitative estimate of drug-likeness (QED) is 0.135. The Bertz CT molecular complexity index is 778. The van der Waals surface area contributed by atoms with Gasteiger partial charge in [-0.1, -0.05) is 184 Å². The third-order valence-corrected chi connectivity index (χ3v) is 7.59. The van der Waals surface area contributed by atoms with Crippen LogP contribution in [0.3, 0.4) is 0 Å². The molecule has 2 aromatic rings. The van der Waals surface area contributed by atoms with Crippen LogP contribution in [0.2, 0.25) is 0 Å². The largest absolute Gasteiger partial charge is 0.481 e. The van der Waals surface area contributed by atoms with Gasteiger partial charge in [-0.25, -0.2) is 0 Å². The number of unbranched alkanes of at least 4 members (excludes halogenated alkanes) is 16. The van der Waals surface area contributed by atoms with Crippen molar-refractivity contribution in [3.05, 3.63) is 71.8 Å². The monoisotopic (exact) mass is 582 g/mol. The van der Waals surface area contributed by atoms with Crippen molar-refractivity contribution in [3.63, 3.8) is 0 Å². The number of rotatable bonds is 22. The summed E-state index contributed by atoms with van der Waals surface area (Å²) in [5.74, 6) is -0.835. The average Bonchev–Trinajstić information content (AvgIpc) is 3.00. The maximum Gasteiger partial charge on any atom is 0.303 e. The number of aliphatic carboxylic acids is 2. The Balaban J connectivity index is 0.000000600. The zero-order valence-corrected chi connectivity index (χ0v) is 27.2. The molecule has 0 fully saturated rings. The van der Waals surface area contributed by atoms with Gasteiger partial charge in [0.15, 0.2) is 0 Å². The smallest absolute Gasteiger partial charge is 0.303 e. The molecule has 0 aliphatic rings. The Morgan fingerprint density at radius 2 is 0.738 bits per heavy atom. The third-order valence-electron chi connectivity index (χ3n) is 7.59. The lowest BCUT2D eigenvalue weighted by Gasteiger charge is -2.11. The fourth-order valence-electron chi connectivity index (χ4n) is 4.85. The summed E-state index contributed by atoms with van der Waals surface area (Å²) in [5.41, 5.74) is 2.75. The van der Waals surface area contributed by atoms with E-state index in [1.165, 1.54) is 101 Å². The second-order valence-electron chi connectivity index (χ2n) is 11.5. The molecule has 4 heteroatoms. The van der Waals surface area contributed by atoms with Crippen LogP contribution in [0.15, 0.2) is 60.7 Å². The summed E-state index contributed by atoms with van der Waals surface area (Å²) in [6.45, 7) is 6.70. The van der Waals surface area contributed by atoms with Gasteiger partial charge in [0, 0.05) is 18.8 Å². The summed E-state index contributed by atoms with van der Waals surface area (Å²) in [4.78, 5) is 20.4. The maximum absolute atomic E-state index is 10.2. The van der Waals surface area contributed by atoms with Crippen LogP contribution < -0.4 is 0 Å². The fourth-order valence-corrected chi connectivity index (χ4v) is 4.85. The minimum Gasteiger partial charge on any atom is -0.481 e. The molecule has 0 saturated carbocycles. The standard InChI is InChI=1S/C14H14.2C12H24O2/c1-12(13-8-4-2-5-9-13)14-10-6-3-7-11-14;2*1-2-3-4-5-6-7-8-9-10-11-12(13)14/h2-12H,1H3;2*2-11H2,1H3,(H,13,14). The highest BCUT2D eigenvalue weighted by Crippen LogP contribution is 2.23. The first-order valence-electron chi connectivity index (χ1n) is 17.0. The van der Waals surface area contributed by atoms with Crippen molar-refractivity contribution < 1.29 is 19.8 Å². The SMILES string of the molecule is CC(c1ccccc1)c1ccccc1.CCCCCCCCCCCC(=O)O.CCCCCCCCCCCC(=O)O. The van der Waals surface area contributed by atoms with E-state index in [0.29, 0.717) is 18.8 Å². The Labute approximate surface area is 258 Å². The van der Waals surface area contributed by atoms with Crippen molar-refractivity contribution in [2.45, 2.75) is 155 Å². The Kier molecular flexibility index (Phi) is 28.0. The molecular formula is C38H62O4. The van der Waals surface area contributed by atoms with E-state index >= 15 is 0 Å². The van der Waals surface area contributed by atoms with Crippen molar-refractivity contribution in [1.82, 2.24) is 0 Å². The van der Waals surface area contributed by atoms with Gasteiger partial charge < -0.3 is 10.2 Å². The molecule has 0 saturated heterocycles. The van der Waals surface area contributed by atoms with Gasteiger partial charge in [-0.05, 0) is 24.0 Å². The van der Waals surface area contributed by atoms with Crippen molar-refractivity contribution in [1.29, 1.82) is 0 Å². The highest BCUT2D eigenvalue weighted by Gasteiger charge is 2.06. The van der Waals surface area contributed by atoms with E-state index in [-0.39, 0.29) is 0 Å². The van der Waals surface area contributed by atoms with Crippen molar-refractivity contribution in [2.75, 3.05) is 0 Å². The number of carboxylic acids is 2. The van der Waals surface area contributed by atoms with Gasteiger partial charge in [0.1, 0.15) is 0 Å². The summed E-state index contributed by atoms with van der Waals surface area (Å²) in [7, 11) is 0. The molecule has 2 N–H and O–H groups in total. The van der Waals surface area contributed by atoms with E-state index in [0.717, 1.165) is 25.7 Å². The molecule has 238 valence electrons. The van der Waals surface area contributed by atoms with Crippen molar-refractivity contribution in [2.24, 2.45) is 0 Å². The topological polar surface area (TPSA) is 74.6 Å². The molecule has 0 amide bonds. The highest BCUT2D eigenvalue weighted by molar-refractivity contribution is 5.66. The van der Waals surface area contributed by atoms with Crippen LogP contribution in [0.1, 0.15) is 166 Å². The Morgan fingerprint density at radius 1 is 0.476 bits per heavy atom. The predicted molar refractivity (Wildman–Crippen MR) is 179 cm³/mol. The van der Waals surface area contributed by atoms with Crippen LogP contribution in [0, 0.1) is 0 Å². The van der Waals surface area contributed by atoms with Crippen LogP contribution in [-0.2, 0) is 9.59 Å². The average molecular weight is 583 g/mol. The maximum atomic E-state index is 10.2. The van der Waals surface area contributed by atoms with Gasteiger partial charge in [0.05, 0.1) is 0 Å². The lowest BCUT2D eigenvalue weighted by Crippen LogP contribution is -1.94. The van der Waals surface area contributed by atoms with Crippen LogP contribution in [0.4, 0.5) is 0 Å². The molecule has 0 unspecified atom stereocenters. The number of hydrogen-bond donors (Lipinski definition) is 2. The second-order valence-corrected chi connectivity index (χ2v) is 11.5. The molecule has 0 bridgehead atoms. The molecule has 0 atom stereocenters. The highest BCUT2D eigenvalue weighted by atomic mass is 16.4. The lowest BCUT2D eigenvalue weighted by molar-refractivity contribution is -0.138. The zero-order chi connectivity index (χ0) is 31.1. The van der Waals surface area contributed by atoms with E-state index in [1.807, 2.05) is 0 Å². The van der Waals surface area contributed by atoms with Crippen LogP contribution in [-0.4, -0.2) is 22.2 Å². The van der Waals surface area contributed by atoms with E-state index in [4.69, 9.17) is 10.2 Å². The number of hydrogen-bond acceptors (Lipinski definition) is 2. The number of carboxylic acid groups (broad SMARTS) is 2.